The van der Waals surface area contributed by atoms with Crippen molar-refractivity contribution in [1.29, 1.82) is 0 Å². The predicted molar refractivity (Wildman–Crippen MR) is 76.5 cm³/mol. The van der Waals surface area contributed by atoms with Gasteiger partial charge in [0.15, 0.2) is 0 Å². The quantitative estimate of drug-likeness (QED) is 0.789. The number of hydrogen-bond donors (Lipinski definition) is 1. The van der Waals surface area contributed by atoms with Gasteiger partial charge in [-0.1, -0.05) is 30.3 Å². The first kappa shape index (κ1) is 15.5. The van der Waals surface area contributed by atoms with E-state index in [-0.39, 0.29) is 5.75 Å². The Morgan fingerprint density at radius 2 is 1.67 bits per heavy atom. The molecule has 0 aliphatic rings. The fourth-order valence-electron chi connectivity index (χ4n) is 1.82. The maximum absolute atomic E-state index is 12.0. The number of alkyl halides is 4. The molecule has 0 bridgehead atoms. The summed E-state index contributed by atoms with van der Waals surface area (Å²) in [6.45, 7) is 0.486. The van der Waals surface area contributed by atoms with Crippen LogP contribution < -0.4 is 10.1 Å². The first-order chi connectivity index (χ1) is 9.98. The summed E-state index contributed by atoms with van der Waals surface area (Å²) >= 11 is 5.83. The van der Waals surface area contributed by atoms with Gasteiger partial charge in [-0.15, -0.1) is 24.8 Å². The highest BCUT2D eigenvalue weighted by Gasteiger charge is 2.30. The predicted octanol–water partition coefficient (Wildman–Crippen LogP) is 4.94. The molecule has 112 valence electrons. The lowest BCUT2D eigenvalue weighted by atomic mass is 10.1. The molecule has 0 aliphatic heterocycles. The molecule has 0 fully saturated rings. The van der Waals surface area contributed by atoms with E-state index in [4.69, 9.17) is 11.6 Å². The summed E-state index contributed by atoms with van der Waals surface area (Å²) in [5, 5.41) is 3.20. The van der Waals surface area contributed by atoms with Gasteiger partial charge < -0.3 is 10.1 Å². The van der Waals surface area contributed by atoms with Crippen molar-refractivity contribution in [2.45, 2.75) is 18.8 Å². The number of rotatable bonds is 5. The van der Waals surface area contributed by atoms with E-state index in [2.05, 4.69) is 10.1 Å². The van der Waals surface area contributed by atoms with Gasteiger partial charge in [0.2, 0.25) is 0 Å². The Labute approximate surface area is 125 Å². The van der Waals surface area contributed by atoms with Crippen LogP contribution in [0.3, 0.4) is 0 Å². The normalized spacial score (nSPS) is 11.2. The molecule has 0 radical (unpaired) electrons. The van der Waals surface area contributed by atoms with Gasteiger partial charge in [-0.3, -0.25) is 0 Å². The van der Waals surface area contributed by atoms with E-state index in [1.165, 1.54) is 12.1 Å². The molecule has 0 atom stereocenters. The van der Waals surface area contributed by atoms with E-state index >= 15 is 0 Å². The zero-order valence-electron chi connectivity index (χ0n) is 11.0. The van der Waals surface area contributed by atoms with Crippen molar-refractivity contribution in [3.63, 3.8) is 0 Å². The molecular weight excluding hydrogens is 303 g/mol. The highest BCUT2D eigenvalue weighted by atomic mass is 35.5. The number of halogens is 4. The Kier molecular flexibility index (Phi) is 4.96. The third kappa shape index (κ3) is 4.86. The standard InChI is InChI=1S/C15H13ClF3NO/c16-9-12-3-1-2-4-14(12)20-10-11-5-7-13(8-6-11)21-15(17,18)19/h1-8,20H,9-10H2. The maximum atomic E-state index is 12.0. The molecular formula is C15H13ClF3NO. The molecule has 2 rings (SSSR count). The molecule has 2 aromatic rings. The molecule has 1 N–H and O–H groups in total. The number of benzene rings is 2. The third-order valence-corrected chi connectivity index (χ3v) is 3.09. The summed E-state index contributed by atoms with van der Waals surface area (Å²) in [5.74, 6) is 0.161. The topological polar surface area (TPSA) is 21.3 Å². The monoisotopic (exact) mass is 315 g/mol. The molecule has 0 unspecified atom stereocenters. The molecule has 0 saturated heterocycles. The molecule has 0 spiro atoms. The summed E-state index contributed by atoms with van der Waals surface area (Å²) < 4.78 is 40.0. The van der Waals surface area contributed by atoms with Crippen LogP contribution in [-0.2, 0) is 12.4 Å². The summed E-state index contributed by atoms with van der Waals surface area (Å²) in [7, 11) is 0. The van der Waals surface area contributed by atoms with E-state index in [1.54, 1.807) is 12.1 Å². The van der Waals surface area contributed by atoms with Crippen LogP contribution in [0.2, 0.25) is 0 Å². The number of ether oxygens (including phenoxy) is 1. The number of anilines is 1. The smallest absolute Gasteiger partial charge is 0.406 e. The number of para-hydroxylation sites is 1. The lowest BCUT2D eigenvalue weighted by Crippen LogP contribution is -2.17. The van der Waals surface area contributed by atoms with Gasteiger partial charge in [-0.05, 0) is 29.3 Å². The number of nitrogens with one attached hydrogen (secondary N) is 1. The van der Waals surface area contributed by atoms with Crippen molar-refractivity contribution in [1.82, 2.24) is 0 Å². The first-order valence-electron chi connectivity index (χ1n) is 6.20. The molecule has 0 heterocycles. The molecule has 2 nitrogen and oxygen atoms in total. The summed E-state index contributed by atoms with van der Waals surface area (Å²) in [6.07, 6.45) is -4.67. The van der Waals surface area contributed by atoms with Crippen molar-refractivity contribution in [2.75, 3.05) is 5.32 Å². The lowest BCUT2D eigenvalue weighted by molar-refractivity contribution is -0.274. The molecule has 2 aromatic carbocycles. The van der Waals surface area contributed by atoms with Crippen LogP contribution in [0, 0.1) is 0 Å². The fourth-order valence-corrected chi connectivity index (χ4v) is 2.05. The zero-order valence-corrected chi connectivity index (χ0v) is 11.7. The average Bonchev–Trinajstić information content (AvgIpc) is 2.45. The Bertz CT molecular complexity index is 584. The molecule has 0 aromatic heterocycles. The highest BCUT2D eigenvalue weighted by molar-refractivity contribution is 6.17. The second-order valence-electron chi connectivity index (χ2n) is 4.34. The minimum atomic E-state index is -4.67. The third-order valence-electron chi connectivity index (χ3n) is 2.80. The van der Waals surface area contributed by atoms with Gasteiger partial charge in [0, 0.05) is 18.1 Å². The van der Waals surface area contributed by atoms with Gasteiger partial charge in [-0.2, -0.15) is 0 Å². The Balaban J connectivity index is 1.98. The lowest BCUT2D eigenvalue weighted by Gasteiger charge is -2.11. The molecule has 0 saturated carbocycles. The van der Waals surface area contributed by atoms with Crippen molar-refractivity contribution in [3.05, 3.63) is 59.7 Å². The van der Waals surface area contributed by atoms with Crippen LogP contribution >= 0.6 is 11.6 Å². The minimum absolute atomic E-state index is 0.229. The van der Waals surface area contributed by atoms with Crippen molar-refractivity contribution >= 4 is 17.3 Å². The Morgan fingerprint density at radius 3 is 2.29 bits per heavy atom. The molecule has 21 heavy (non-hydrogen) atoms. The van der Waals surface area contributed by atoms with Crippen LogP contribution in [0.25, 0.3) is 0 Å². The van der Waals surface area contributed by atoms with Gasteiger partial charge in [-0.25, -0.2) is 0 Å². The second-order valence-corrected chi connectivity index (χ2v) is 4.60. The zero-order chi connectivity index (χ0) is 15.3. The average molecular weight is 316 g/mol. The second kappa shape index (κ2) is 6.72. The van der Waals surface area contributed by atoms with Crippen LogP contribution in [-0.4, -0.2) is 6.36 Å². The summed E-state index contributed by atoms with van der Waals surface area (Å²) in [5.41, 5.74) is 2.72. The molecule has 0 amide bonds. The van der Waals surface area contributed by atoms with E-state index in [9.17, 15) is 13.2 Å². The Morgan fingerprint density at radius 1 is 1.00 bits per heavy atom. The van der Waals surface area contributed by atoms with Crippen molar-refractivity contribution in [3.8, 4) is 5.75 Å². The van der Waals surface area contributed by atoms with Gasteiger partial charge in [0.05, 0.1) is 0 Å². The van der Waals surface area contributed by atoms with Gasteiger partial charge >= 0.3 is 6.36 Å². The SMILES string of the molecule is FC(F)(F)Oc1ccc(CNc2ccccc2CCl)cc1. The van der Waals surface area contributed by atoms with Crippen molar-refractivity contribution in [2.24, 2.45) is 0 Å². The Hall–Kier alpha value is -1.88. The molecule has 0 aliphatic carbocycles. The van der Waals surface area contributed by atoms with E-state index in [0.29, 0.717) is 12.4 Å². The van der Waals surface area contributed by atoms with E-state index in [1.807, 2.05) is 24.3 Å². The van der Waals surface area contributed by atoms with Crippen LogP contribution in [0.15, 0.2) is 48.5 Å². The van der Waals surface area contributed by atoms with Crippen LogP contribution in [0.5, 0.6) is 5.75 Å². The highest BCUT2D eigenvalue weighted by Crippen LogP contribution is 2.23. The van der Waals surface area contributed by atoms with E-state index < -0.39 is 6.36 Å². The number of hydrogen-bond acceptors (Lipinski definition) is 2. The van der Waals surface area contributed by atoms with Crippen LogP contribution in [0.1, 0.15) is 11.1 Å². The largest absolute Gasteiger partial charge is 0.573 e. The maximum Gasteiger partial charge on any atom is 0.573 e. The first-order valence-corrected chi connectivity index (χ1v) is 6.74. The van der Waals surface area contributed by atoms with Crippen molar-refractivity contribution < 1.29 is 17.9 Å². The van der Waals surface area contributed by atoms with Crippen LogP contribution in [0.4, 0.5) is 18.9 Å². The fraction of sp³-hybridized carbons (Fsp3) is 0.200. The summed E-state index contributed by atoms with van der Waals surface area (Å²) in [4.78, 5) is 0. The van der Waals surface area contributed by atoms with Gasteiger partial charge in [0.25, 0.3) is 0 Å². The summed E-state index contributed by atoms with van der Waals surface area (Å²) in [6, 6.07) is 13.3. The minimum Gasteiger partial charge on any atom is -0.406 e. The van der Waals surface area contributed by atoms with Gasteiger partial charge in [0.1, 0.15) is 5.75 Å². The van der Waals surface area contributed by atoms with E-state index in [0.717, 1.165) is 16.8 Å². The molecule has 6 heteroatoms.